The first-order valence-electron chi connectivity index (χ1n) is 7.56. The van der Waals surface area contributed by atoms with Crippen molar-refractivity contribution >= 4 is 50.1 Å². The van der Waals surface area contributed by atoms with E-state index in [1.807, 2.05) is 0 Å². The molecule has 0 radical (unpaired) electrons. The molecular weight excluding hydrogens is 360 g/mol. The number of aromatic nitrogens is 2. The predicted molar refractivity (Wildman–Crippen MR) is 98.3 cm³/mol. The molecule has 130 valence electrons. The van der Waals surface area contributed by atoms with Gasteiger partial charge in [0.2, 0.25) is 5.91 Å². The highest BCUT2D eigenvalue weighted by Gasteiger charge is 2.21. The number of anilines is 2. The van der Waals surface area contributed by atoms with E-state index >= 15 is 0 Å². The van der Waals surface area contributed by atoms with Gasteiger partial charge in [0.1, 0.15) is 15.9 Å². The first kappa shape index (κ1) is 17.3. The molecule has 2 N–H and O–H groups in total. The van der Waals surface area contributed by atoms with Crippen LogP contribution in [0.2, 0.25) is 0 Å². The molecule has 0 bridgehead atoms. The van der Waals surface area contributed by atoms with Gasteiger partial charge in [-0.25, -0.2) is 8.42 Å². The summed E-state index contributed by atoms with van der Waals surface area (Å²) in [5, 5.41) is 2.76. The molecule has 0 aliphatic heterocycles. The number of hydrogen-bond acceptors (Lipinski definition) is 6. The fourth-order valence-corrected chi connectivity index (χ4v) is 4.21. The third-order valence-electron chi connectivity index (χ3n) is 3.71. The SMILES string of the molecule is CCC(=O)Nc1cccc(NS(=O)(=O)c2cccc3nsnc23)c1C. The van der Waals surface area contributed by atoms with Crippen LogP contribution in [0.5, 0.6) is 0 Å². The van der Waals surface area contributed by atoms with Crippen LogP contribution in [0.25, 0.3) is 11.0 Å². The Bertz CT molecular complexity index is 1040. The highest BCUT2D eigenvalue weighted by Crippen LogP contribution is 2.28. The smallest absolute Gasteiger partial charge is 0.264 e. The molecule has 0 aliphatic rings. The van der Waals surface area contributed by atoms with Crippen LogP contribution in [0.3, 0.4) is 0 Å². The molecule has 0 unspecified atom stereocenters. The van der Waals surface area contributed by atoms with Crippen LogP contribution in [-0.4, -0.2) is 23.1 Å². The number of hydrogen-bond donors (Lipinski definition) is 2. The molecule has 25 heavy (non-hydrogen) atoms. The zero-order chi connectivity index (χ0) is 18.0. The third-order valence-corrected chi connectivity index (χ3v) is 5.65. The minimum absolute atomic E-state index is 0.0705. The van der Waals surface area contributed by atoms with Crippen molar-refractivity contribution in [1.29, 1.82) is 0 Å². The van der Waals surface area contributed by atoms with E-state index in [1.165, 1.54) is 6.07 Å². The molecule has 1 heterocycles. The summed E-state index contributed by atoms with van der Waals surface area (Å²) >= 11 is 0.965. The highest BCUT2D eigenvalue weighted by atomic mass is 32.2. The quantitative estimate of drug-likeness (QED) is 0.712. The number of carbonyl (C=O) groups is 1. The number of benzene rings is 2. The maximum absolute atomic E-state index is 12.8. The van der Waals surface area contributed by atoms with Crippen molar-refractivity contribution in [2.45, 2.75) is 25.2 Å². The summed E-state index contributed by atoms with van der Waals surface area (Å²) < 4.78 is 36.3. The predicted octanol–water partition coefficient (Wildman–Crippen LogP) is 3.15. The summed E-state index contributed by atoms with van der Waals surface area (Å²) in [6, 6.07) is 9.89. The average Bonchev–Trinajstić information content (AvgIpc) is 3.06. The standard InChI is InChI=1S/C16H16N4O3S2/c1-3-15(21)17-11-6-4-7-12(10(11)2)20-25(22,23)14-9-5-8-13-16(14)19-24-18-13/h4-9,20H,3H2,1-2H3,(H,17,21). The van der Waals surface area contributed by atoms with Gasteiger partial charge >= 0.3 is 0 Å². The molecule has 0 aliphatic carbocycles. The molecule has 3 aromatic rings. The number of fused-ring (bicyclic) bond motifs is 1. The molecule has 0 spiro atoms. The molecular formula is C16H16N4O3S2. The summed E-state index contributed by atoms with van der Waals surface area (Å²) in [5.74, 6) is -0.138. The highest BCUT2D eigenvalue weighted by molar-refractivity contribution is 7.93. The van der Waals surface area contributed by atoms with E-state index in [-0.39, 0.29) is 10.8 Å². The van der Waals surface area contributed by atoms with Gasteiger partial charge in [0.05, 0.1) is 17.4 Å². The van der Waals surface area contributed by atoms with Gasteiger partial charge in [-0.2, -0.15) is 8.75 Å². The Morgan fingerprint density at radius 2 is 1.84 bits per heavy atom. The first-order chi connectivity index (χ1) is 11.9. The Kier molecular flexibility index (Phi) is 4.69. The zero-order valence-corrected chi connectivity index (χ0v) is 15.2. The van der Waals surface area contributed by atoms with Crippen LogP contribution in [0, 0.1) is 6.92 Å². The summed E-state index contributed by atoms with van der Waals surface area (Å²) in [7, 11) is -3.84. The lowest BCUT2D eigenvalue weighted by molar-refractivity contribution is -0.115. The second kappa shape index (κ2) is 6.77. The fourth-order valence-electron chi connectivity index (χ4n) is 2.32. The largest absolute Gasteiger partial charge is 0.326 e. The molecule has 9 heteroatoms. The topological polar surface area (TPSA) is 101 Å². The average molecular weight is 376 g/mol. The number of nitrogens with zero attached hydrogens (tertiary/aromatic N) is 2. The lowest BCUT2D eigenvalue weighted by Crippen LogP contribution is -2.16. The molecule has 0 saturated carbocycles. The Balaban J connectivity index is 1.98. The van der Waals surface area contributed by atoms with Gasteiger partial charge in [-0.05, 0) is 36.8 Å². The maximum atomic E-state index is 12.8. The van der Waals surface area contributed by atoms with Crippen LogP contribution in [-0.2, 0) is 14.8 Å². The maximum Gasteiger partial charge on any atom is 0.264 e. The zero-order valence-electron chi connectivity index (χ0n) is 13.6. The van der Waals surface area contributed by atoms with Crippen molar-refractivity contribution in [3.63, 3.8) is 0 Å². The Hall–Kier alpha value is -2.52. The van der Waals surface area contributed by atoms with Gasteiger partial charge < -0.3 is 5.32 Å². The second-order valence-electron chi connectivity index (χ2n) is 5.37. The summed E-state index contributed by atoms with van der Waals surface area (Å²) in [5.41, 5.74) is 2.48. The normalized spacial score (nSPS) is 11.4. The fraction of sp³-hybridized carbons (Fsp3) is 0.188. The van der Waals surface area contributed by atoms with E-state index in [1.54, 1.807) is 44.2 Å². The van der Waals surface area contributed by atoms with E-state index in [2.05, 4.69) is 18.8 Å². The van der Waals surface area contributed by atoms with Crippen molar-refractivity contribution in [1.82, 2.24) is 8.75 Å². The molecule has 0 fully saturated rings. The van der Waals surface area contributed by atoms with Gasteiger partial charge in [0.15, 0.2) is 0 Å². The number of amides is 1. The Morgan fingerprint density at radius 1 is 1.12 bits per heavy atom. The number of rotatable bonds is 5. The van der Waals surface area contributed by atoms with Gasteiger partial charge in [-0.1, -0.05) is 19.1 Å². The monoisotopic (exact) mass is 376 g/mol. The van der Waals surface area contributed by atoms with E-state index in [0.717, 1.165) is 11.7 Å². The van der Waals surface area contributed by atoms with Crippen molar-refractivity contribution in [3.8, 4) is 0 Å². The van der Waals surface area contributed by atoms with Gasteiger partial charge in [0.25, 0.3) is 10.0 Å². The van der Waals surface area contributed by atoms with Crippen LogP contribution < -0.4 is 10.0 Å². The lowest BCUT2D eigenvalue weighted by atomic mass is 10.1. The minimum atomic E-state index is -3.84. The van der Waals surface area contributed by atoms with Crippen molar-refractivity contribution in [2.24, 2.45) is 0 Å². The van der Waals surface area contributed by atoms with E-state index < -0.39 is 10.0 Å². The van der Waals surface area contributed by atoms with Crippen molar-refractivity contribution < 1.29 is 13.2 Å². The van der Waals surface area contributed by atoms with Crippen molar-refractivity contribution in [2.75, 3.05) is 10.0 Å². The number of nitrogens with one attached hydrogen (secondary N) is 2. The summed E-state index contributed by atoms with van der Waals surface area (Å²) in [6.07, 6.45) is 0.341. The molecule has 0 saturated heterocycles. The van der Waals surface area contributed by atoms with Crippen molar-refractivity contribution in [3.05, 3.63) is 42.0 Å². The number of carbonyl (C=O) groups excluding carboxylic acids is 1. The Labute approximate surface area is 149 Å². The number of sulfonamides is 1. The van der Waals surface area contributed by atoms with Crippen LogP contribution in [0.1, 0.15) is 18.9 Å². The molecule has 3 rings (SSSR count). The van der Waals surface area contributed by atoms with Crippen LogP contribution in [0.4, 0.5) is 11.4 Å². The first-order valence-corrected chi connectivity index (χ1v) is 9.77. The van der Waals surface area contributed by atoms with E-state index in [0.29, 0.717) is 34.4 Å². The minimum Gasteiger partial charge on any atom is -0.326 e. The van der Waals surface area contributed by atoms with E-state index in [9.17, 15) is 13.2 Å². The van der Waals surface area contributed by atoms with Gasteiger partial charge in [-0.3, -0.25) is 9.52 Å². The molecule has 1 amide bonds. The Morgan fingerprint density at radius 3 is 2.60 bits per heavy atom. The van der Waals surface area contributed by atoms with E-state index in [4.69, 9.17) is 0 Å². The molecule has 2 aromatic carbocycles. The van der Waals surface area contributed by atoms with Crippen LogP contribution >= 0.6 is 11.7 Å². The second-order valence-corrected chi connectivity index (χ2v) is 7.55. The molecule has 1 aromatic heterocycles. The van der Waals surface area contributed by atoms with Crippen LogP contribution in [0.15, 0.2) is 41.3 Å². The molecule has 7 nitrogen and oxygen atoms in total. The summed E-state index contributed by atoms with van der Waals surface area (Å²) in [6.45, 7) is 3.49. The van der Waals surface area contributed by atoms with Gasteiger partial charge in [-0.15, -0.1) is 0 Å². The lowest BCUT2D eigenvalue weighted by Gasteiger charge is -2.14. The third kappa shape index (κ3) is 3.47. The van der Waals surface area contributed by atoms with Gasteiger partial charge in [0, 0.05) is 12.1 Å². The molecule has 0 atom stereocenters. The summed E-state index contributed by atoms with van der Waals surface area (Å²) in [4.78, 5) is 11.7.